The van der Waals surface area contributed by atoms with Crippen molar-refractivity contribution in [2.24, 2.45) is 0 Å². The number of hydrogen-bond donors (Lipinski definition) is 2. The first kappa shape index (κ1) is 19.1. The highest BCUT2D eigenvalue weighted by atomic mass is 35.5. The first-order chi connectivity index (χ1) is 11.8. The van der Waals surface area contributed by atoms with Gasteiger partial charge in [0.05, 0.1) is 16.2 Å². The van der Waals surface area contributed by atoms with Crippen LogP contribution in [0.3, 0.4) is 0 Å². The van der Waals surface area contributed by atoms with E-state index in [1.54, 1.807) is 19.9 Å². The summed E-state index contributed by atoms with van der Waals surface area (Å²) >= 11 is 6.40. The second kappa shape index (κ2) is 7.74. The molecule has 0 saturated heterocycles. The Kier molecular flexibility index (Phi) is 5.90. The number of hydrogen-bond acceptors (Lipinski definition) is 4. The fourth-order valence-corrected chi connectivity index (χ4v) is 3.29. The van der Waals surface area contributed by atoms with Gasteiger partial charge in [0, 0.05) is 17.8 Å². The van der Waals surface area contributed by atoms with Gasteiger partial charge < -0.3 is 15.2 Å². The van der Waals surface area contributed by atoms with E-state index >= 15 is 0 Å². The van der Waals surface area contributed by atoms with Crippen LogP contribution in [0.1, 0.15) is 45.2 Å². The molecule has 6 heteroatoms. The van der Waals surface area contributed by atoms with E-state index in [0.29, 0.717) is 22.2 Å². The minimum atomic E-state index is -1.05. The number of benzene rings is 1. The lowest BCUT2D eigenvalue weighted by Gasteiger charge is -2.21. The van der Waals surface area contributed by atoms with Gasteiger partial charge in [-0.05, 0) is 43.9 Å². The molecule has 1 aromatic rings. The molecule has 25 heavy (non-hydrogen) atoms. The number of aryl methyl sites for hydroxylation is 1. The Morgan fingerprint density at radius 2 is 1.80 bits per heavy atom. The summed E-state index contributed by atoms with van der Waals surface area (Å²) in [6.07, 6.45) is 1.60. The highest BCUT2D eigenvalue weighted by Gasteiger charge is 2.26. The number of dihydropyridines is 1. The summed E-state index contributed by atoms with van der Waals surface area (Å²) in [7, 11) is 0. The van der Waals surface area contributed by atoms with Gasteiger partial charge in [-0.2, -0.15) is 0 Å². The van der Waals surface area contributed by atoms with Crippen LogP contribution < -0.4 is 10.1 Å². The number of rotatable bonds is 5. The molecule has 0 unspecified atom stereocenters. The van der Waals surface area contributed by atoms with Gasteiger partial charge >= 0.3 is 11.9 Å². The van der Waals surface area contributed by atoms with Crippen molar-refractivity contribution < 1.29 is 19.4 Å². The van der Waals surface area contributed by atoms with Gasteiger partial charge in [0.2, 0.25) is 0 Å². The van der Waals surface area contributed by atoms with E-state index in [2.05, 4.69) is 5.32 Å². The summed E-state index contributed by atoms with van der Waals surface area (Å²) in [6.45, 7) is 7.43. The third-order valence-corrected chi connectivity index (χ3v) is 4.79. The van der Waals surface area contributed by atoms with Crippen LogP contribution >= 0.6 is 11.6 Å². The van der Waals surface area contributed by atoms with E-state index in [9.17, 15) is 14.7 Å². The normalized spacial score (nSPS) is 14.4. The van der Waals surface area contributed by atoms with Crippen LogP contribution in [0.15, 0.2) is 34.7 Å². The third-order valence-electron chi connectivity index (χ3n) is 4.38. The minimum absolute atomic E-state index is 0.0180. The van der Waals surface area contributed by atoms with E-state index in [1.165, 1.54) is 0 Å². The molecule has 0 radical (unpaired) electrons. The number of esters is 1. The molecule has 1 aromatic carbocycles. The van der Waals surface area contributed by atoms with Crippen molar-refractivity contribution in [3.63, 3.8) is 0 Å². The summed E-state index contributed by atoms with van der Waals surface area (Å²) in [4.78, 5) is 23.9. The molecule has 0 spiro atoms. The van der Waals surface area contributed by atoms with Crippen molar-refractivity contribution in [2.45, 2.75) is 47.0 Å². The van der Waals surface area contributed by atoms with Gasteiger partial charge in [0.15, 0.2) is 0 Å². The maximum atomic E-state index is 12.6. The van der Waals surface area contributed by atoms with Crippen LogP contribution in [0.5, 0.6) is 5.75 Å². The standard InChI is InChI=1S/C19H22ClNO4/c1-5-12-7-8-16(17(20)13(12)6-2)25-19(24)15-9-14(18(22)23)10(3)21-11(15)4/h7-8,21H,5-6,9H2,1-4H3,(H,22,23). The fraction of sp³-hybridized carbons (Fsp3) is 0.368. The molecule has 5 nitrogen and oxygen atoms in total. The van der Waals surface area contributed by atoms with E-state index < -0.39 is 11.9 Å². The zero-order chi connectivity index (χ0) is 18.7. The summed E-state index contributed by atoms with van der Waals surface area (Å²) in [5.74, 6) is -1.35. The summed E-state index contributed by atoms with van der Waals surface area (Å²) in [6, 6.07) is 3.59. The van der Waals surface area contributed by atoms with Gasteiger partial charge in [0.25, 0.3) is 0 Å². The van der Waals surface area contributed by atoms with Crippen LogP contribution in [-0.4, -0.2) is 17.0 Å². The molecule has 1 aliphatic rings. The molecule has 0 aromatic heterocycles. The number of carbonyl (C=O) groups excluding carboxylic acids is 1. The molecule has 0 bridgehead atoms. The Balaban J connectivity index is 2.29. The van der Waals surface area contributed by atoms with Gasteiger partial charge in [-0.15, -0.1) is 0 Å². The van der Waals surface area contributed by atoms with E-state index in [4.69, 9.17) is 16.3 Å². The largest absolute Gasteiger partial charge is 0.478 e. The Labute approximate surface area is 152 Å². The lowest BCUT2D eigenvalue weighted by molar-refractivity contribution is -0.132. The predicted molar refractivity (Wildman–Crippen MR) is 96.6 cm³/mol. The summed E-state index contributed by atoms with van der Waals surface area (Å²) in [5.41, 5.74) is 3.64. The van der Waals surface area contributed by atoms with Crippen molar-refractivity contribution in [3.8, 4) is 5.75 Å². The molecule has 2 N–H and O–H groups in total. The molecule has 0 atom stereocenters. The van der Waals surface area contributed by atoms with Crippen molar-refractivity contribution >= 4 is 23.5 Å². The Morgan fingerprint density at radius 3 is 2.36 bits per heavy atom. The molecule has 0 aliphatic carbocycles. The fourth-order valence-electron chi connectivity index (χ4n) is 2.93. The number of carboxylic acids is 1. The molecule has 0 fully saturated rings. The lowest BCUT2D eigenvalue weighted by atomic mass is 9.98. The molecule has 0 saturated carbocycles. The number of nitrogens with one attached hydrogen (secondary N) is 1. The smallest absolute Gasteiger partial charge is 0.341 e. The number of ether oxygens (including phenoxy) is 1. The zero-order valence-corrected chi connectivity index (χ0v) is 15.6. The van der Waals surface area contributed by atoms with Crippen LogP contribution in [0.2, 0.25) is 5.02 Å². The molecular weight excluding hydrogens is 342 g/mol. The van der Waals surface area contributed by atoms with Crippen molar-refractivity contribution in [2.75, 3.05) is 0 Å². The van der Waals surface area contributed by atoms with E-state index in [1.807, 2.05) is 19.9 Å². The molecule has 1 aliphatic heterocycles. The quantitative estimate of drug-likeness (QED) is 0.611. The average Bonchev–Trinajstić information content (AvgIpc) is 2.55. The first-order valence-corrected chi connectivity index (χ1v) is 8.60. The van der Waals surface area contributed by atoms with Gasteiger partial charge in [-0.1, -0.05) is 31.5 Å². The zero-order valence-electron chi connectivity index (χ0n) is 14.8. The van der Waals surface area contributed by atoms with Gasteiger partial charge in [0.1, 0.15) is 5.75 Å². The molecular formula is C19H22ClNO4. The SMILES string of the molecule is CCc1ccc(OC(=O)C2=C(C)NC(C)=C(C(=O)O)C2)c(Cl)c1CC. The topological polar surface area (TPSA) is 75.6 Å². The second-order valence-electron chi connectivity index (χ2n) is 5.93. The summed E-state index contributed by atoms with van der Waals surface area (Å²) < 4.78 is 5.48. The monoisotopic (exact) mass is 363 g/mol. The van der Waals surface area contributed by atoms with Crippen LogP contribution in [-0.2, 0) is 22.4 Å². The van der Waals surface area contributed by atoms with Gasteiger partial charge in [-0.3, -0.25) is 0 Å². The average molecular weight is 364 g/mol. The van der Waals surface area contributed by atoms with Gasteiger partial charge in [-0.25, -0.2) is 9.59 Å². The van der Waals surface area contributed by atoms with Crippen molar-refractivity contribution in [1.29, 1.82) is 0 Å². The number of aliphatic carboxylic acids is 1. The number of halogens is 1. The predicted octanol–water partition coefficient (Wildman–Crippen LogP) is 4.00. The third kappa shape index (κ3) is 3.87. The highest BCUT2D eigenvalue weighted by molar-refractivity contribution is 6.33. The van der Waals surface area contributed by atoms with Crippen molar-refractivity contribution in [1.82, 2.24) is 5.32 Å². The Bertz CT molecular complexity index is 793. The number of carboxylic acid groups (broad SMARTS) is 1. The summed E-state index contributed by atoms with van der Waals surface area (Å²) in [5, 5.41) is 12.6. The van der Waals surface area contributed by atoms with Crippen LogP contribution in [0.25, 0.3) is 0 Å². The molecule has 134 valence electrons. The number of allylic oxidation sites excluding steroid dienone is 2. The Hall–Kier alpha value is -2.27. The van der Waals surface area contributed by atoms with Crippen molar-refractivity contribution in [3.05, 3.63) is 50.8 Å². The molecule has 0 amide bonds. The maximum absolute atomic E-state index is 12.6. The van der Waals surface area contributed by atoms with E-state index in [-0.39, 0.29) is 17.6 Å². The Morgan fingerprint density at radius 1 is 1.16 bits per heavy atom. The molecule has 1 heterocycles. The van der Waals surface area contributed by atoms with Crippen LogP contribution in [0.4, 0.5) is 0 Å². The van der Waals surface area contributed by atoms with E-state index in [0.717, 1.165) is 24.0 Å². The highest BCUT2D eigenvalue weighted by Crippen LogP contribution is 2.33. The second-order valence-corrected chi connectivity index (χ2v) is 6.30. The first-order valence-electron chi connectivity index (χ1n) is 8.22. The number of carbonyl (C=O) groups is 2. The van der Waals surface area contributed by atoms with Crippen LogP contribution in [0, 0.1) is 0 Å². The molecule has 2 rings (SSSR count). The minimum Gasteiger partial charge on any atom is -0.478 e. The maximum Gasteiger partial charge on any atom is 0.341 e. The lowest BCUT2D eigenvalue weighted by Crippen LogP contribution is -2.26.